The van der Waals surface area contributed by atoms with Gasteiger partial charge in [0.05, 0.1) is 0 Å². The van der Waals surface area contributed by atoms with Gasteiger partial charge in [0, 0.05) is 29.7 Å². The van der Waals surface area contributed by atoms with Gasteiger partial charge in [0.15, 0.2) is 0 Å². The number of nitrogens with one attached hydrogen (secondary N) is 3. The van der Waals surface area contributed by atoms with E-state index < -0.39 is 0 Å². The topological polar surface area (TPSA) is 56.9 Å². The van der Waals surface area contributed by atoms with Crippen LogP contribution in [0.25, 0.3) is 10.9 Å². The molecule has 0 unspecified atom stereocenters. The summed E-state index contributed by atoms with van der Waals surface area (Å²) in [7, 11) is 0. The second kappa shape index (κ2) is 6.16. The average Bonchev–Trinajstić information content (AvgIpc) is 3.09. The molecular formula is C16H20FN3O. The highest BCUT2D eigenvalue weighted by molar-refractivity contribution is 5.83. The molecule has 4 nitrogen and oxygen atoms in total. The van der Waals surface area contributed by atoms with Crippen molar-refractivity contribution in [3.63, 3.8) is 0 Å². The summed E-state index contributed by atoms with van der Waals surface area (Å²) in [5.41, 5.74) is 1.94. The lowest BCUT2D eigenvalue weighted by Gasteiger charge is -2.12. The van der Waals surface area contributed by atoms with Crippen molar-refractivity contribution >= 4 is 16.9 Å². The third-order valence-corrected chi connectivity index (χ3v) is 4.10. The molecule has 0 saturated heterocycles. The third-order valence-electron chi connectivity index (χ3n) is 4.10. The Morgan fingerprint density at radius 1 is 1.33 bits per heavy atom. The summed E-state index contributed by atoms with van der Waals surface area (Å²) in [6.07, 6.45) is 7.12. The number of H-pyrrole nitrogens is 1. The molecule has 5 heteroatoms. The van der Waals surface area contributed by atoms with Crippen molar-refractivity contribution in [2.75, 3.05) is 6.54 Å². The van der Waals surface area contributed by atoms with Gasteiger partial charge in [0.2, 0.25) is 0 Å². The van der Waals surface area contributed by atoms with E-state index in [0.29, 0.717) is 19.0 Å². The molecule has 1 aromatic heterocycles. The van der Waals surface area contributed by atoms with Crippen LogP contribution >= 0.6 is 0 Å². The fourth-order valence-electron chi connectivity index (χ4n) is 2.97. The van der Waals surface area contributed by atoms with Gasteiger partial charge in [-0.3, -0.25) is 0 Å². The fraction of sp³-hybridized carbons (Fsp3) is 0.438. The van der Waals surface area contributed by atoms with Gasteiger partial charge in [-0.25, -0.2) is 9.18 Å². The Morgan fingerprint density at radius 3 is 2.95 bits per heavy atom. The van der Waals surface area contributed by atoms with Gasteiger partial charge >= 0.3 is 6.03 Å². The van der Waals surface area contributed by atoms with Crippen LogP contribution in [0.15, 0.2) is 24.4 Å². The number of benzene rings is 1. The zero-order valence-corrected chi connectivity index (χ0v) is 11.9. The van der Waals surface area contributed by atoms with E-state index in [2.05, 4.69) is 15.6 Å². The number of urea groups is 1. The van der Waals surface area contributed by atoms with Crippen LogP contribution < -0.4 is 10.6 Å². The van der Waals surface area contributed by atoms with E-state index in [4.69, 9.17) is 0 Å². The summed E-state index contributed by atoms with van der Waals surface area (Å²) in [6.45, 7) is 0.544. The molecule has 3 N–H and O–H groups in total. The lowest BCUT2D eigenvalue weighted by atomic mass is 10.1. The van der Waals surface area contributed by atoms with Gasteiger partial charge in [-0.1, -0.05) is 12.8 Å². The van der Waals surface area contributed by atoms with Crippen LogP contribution in [0.5, 0.6) is 0 Å². The molecule has 3 rings (SSSR count). The van der Waals surface area contributed by atoms with E-state index in [1.54, 1.807) is 6.07 Å². The van der Waals surface area contributed by atoms with Crippen molar-refractivity contribution in [3.05, 3.63) is 35.8 Å². The van der Waals surface area contributed by atoms with Gasteiger partial charge in [0.25, 0.3) is 0 Å². The SMILES string of the molecule is O=C(NCCc1c[nH]c2ccc(F)cc12)NC1CCCC1. The number of amides is 2. The fourth-order valence-corrected chi connectivity index (χ4v) is 2.97. The molecule has 1 heterocycles. The molecule has 1 aromatic carbocycles. The monoisotopic (exact) mass is 289 g/mol. The third kappa shape index (κ3) is 3.35. The first-order valence-electron chi connectivity index (χ1n) is 7.52. The molecule has 21 heavy (non-hydrogen) atoms. The maximum atomic E-state index is 13.3. The highest BCUT2D eigenvalue weighted by Crippen LogP contribution is 2.19. The van der Waals surface area contributed by atoms with Crippen LogP contribution in [0.2, 0.25) is 0 Å². The average molecular weight is 289 g/mol. The maximum Gasteiger partial charge on any atom is 0.315 e. The minimum Gasteiger partial charge on any atom is -0.361 e. The molecule has 2 amide bonds. The first kappa shape index (κ1) is 13.9. The summed E-state index contributed by atoms with van der Waals surface area (Å²) in [4.78, 5) is 14.9. The van der Waals surface area contributed by atoms with Crippen molar-refractivity contribution in [3.8, 4) is 0 Å². The van der Waals surface area contributed by atoms with Gasteiger partial charge in [-0.2, -0.15) is 0 Å². The number of aromatic nitrogens is 1. The number of carbonyl (C=O) groups excluding carboxylic acids is 1. The molecule has 0 radical (unpaired) electrons. The summed E-state index contributed by atoms with van der Waals surface area (Å²) < 4.78 is 13.3. The largest absolute Gasteiger partial charge is 0.361 e. The van der Waals surface area contributed by atoms with Crippen molar-refractivity contribution in [1.29, 1.82) is 0 Å². The Balaban J connectivity index is 1.52. The number of halogens is 1. The van der Waals surface area contributed by atoms with E-state index in [0.717, 1.165) is 29.3 Å². The number of aromatic amines is 1. The van der Waals surface area contributed by atoms with E-state index >= 15 is 0 Å². The smallest absolute Gasteiger partial charge is 0.315 e. The molecule has 0 bridgehead atoms. The van der Waals surface area contributed by atoms with Crippen LogP contribution in [-0.4, -0.2) is 23.6 Å². The first-order chi connectivity index (χ1) is 10.2. The Labute approximate surface area is 123 Å². The summed E-state index contributed by atoms with van der Waals surface area (Å²) in [5, 5.41) is 6.74. The Morgan fingerprint density at radius 2 is 2.14 bits per heavy atom. The van der Waals surface area contributed by atoms with Crippen LogP contribution in [0.4, 0.5) is 9.18 Å². The molecule has 1 saturated carbocycles. The number of rotatable bonds is 4. The zero-order chi connectivity index (χ0) is 14.7. The minimum absolute atomic E-state index is 0.104. The Bertz CT molecular complexity index is 631. The molecule has 1 fully saturated rings. The minimum atomic E-state index is -0.240. The Kier molecular flexibility index (Phi) is 4.08. The van der Waals surface area contributed by atoms with Crippen LogP contribution in [0.1, 0.15) is 31.2 Å². The van der Waals surface area contributed by atoms with Gasteiger partial charge < -0.3 is 15.6 Å². The number of hydrogen-bond acceptors (Lipinski definition) is 1. The van der Waals surface area contributed by atoms with E-state index in [1.807, 2.05) is 6.20 Å². The maximum absolute atomic E-state index is 13.3. The highest BCUT2D eigenvalue weighted by atomic mass is 19.1. The second-order valence-corrected chi connectivity index (χ2v) is 5.64. The lowest BCUT2D eigenvalue weighted by Crippen LogP contribution is -2.41. The van der Waals surface area contributed by atoms with Gasteiger partial charge in [-0.05, 0) is 43.0 Å². The van der Waals surface area contributed by atoms with Gasteiger partial charge in [-0.15, -0.1) is 0 Å². The van der Waals surface area contributed by atoms with Crippen LogP contribution in [0, 0.1) is 5.82 Å². The summed E-state index contributed by atoms with van der Waals surface area (Å²) in [6, 6.07) is 4.92. The van der Waals surface area contributed by atoms with E-state index in [9.17, 15) is 9.18 Å². The van der Waals surface area contributed by atoms with Crippen molar-refractivity contribution in [2.45, 2.75) is 38.1 Å². The molecule has 1 aliphatic rings. The number of hydrogen-bond donors (Lipinski definition) is 3. The summed E-state index contributed by atoms with van der Waals surface area (Å²) in [5.74, 6) is -0.240. The zero-order valence-electron chi connectivity index (χ0n) is 11.9. The van der Waals surface area contributed by atoms with Crippen LogP contribution in [0.3, 0.4) is 0 Å². The number of fused-ring (bicyclic) bond motifs is 1. The van der Waals surface area contributed by atoms with Crippen LogP contribution in [-0.2, 0) is 6.42 Å². The normalized spacial score (nSPS) is 15.5. The molecule has 0 aliphatic heterocycles. The Hall–Kier alpha value is -2.04. The predicted molar refractivity (Wildman–Crippen MR) is 80.8 cm³/mol. The quantitative estimate of drug-likeness (QED) is 0.796. The van der Waals surface area contributed by atoms with E-state index in [1.165, 1.54) is 25.0 Å². The molecule has 2 aromatic rings. The highest BCUT2D eigenvalue weighted by Gasteiger charge is 2.16. The van der Waals surface area contributed by atoms with Crippen molar-refractivity contribution in [1.82, 2.24) is 15.6 Å². The lowest BCUT2D eigenvalue weighted by molar-refractivity contribution is 0.237. The van der Waals surface area contributed by atoms with Gasteiger partial charge in [0.1, 0.15) is 5.82 Å². The predicted octanol–water partition coefficient (Wildman–Crippen LogP) is 3.09. The van der Waals surface area contributed by atoms with Crippen molar-refractivity contribution in [2.24, 2.45) is 0 Å². The number of carbonyl (C=O) groups is 1. The van der Waals surface area contributed by atoms with E-state index in [-0.39, 0.29) is 11.8 Å². The van der Waals surface area contributed by atoms with Crippen molar-refractivity contribution < 1.29 is 9.18 Å². The molecule has 112 valence electrons. The molecule has 1 aliphatic carbocycles. The second-order valence-electron chi connectivity index (χ2n) is 5.64. The summed E-state index contributed by atoms with van der Waals surface area (Å²) >= 11 is 0. The molecular weight excluding hydrogens is 269 g/mol. The molecule has 0 atom stereocenters. The first-order valence-corrected chi connectivity index (χ1v) is 7.52. The molecule has 0 spiro atoms. The standard InChI is InChI=1S/C16H20FN3O/c17-12-5-6-15-14(9-12)11(10-19-15)7-8-18-16(21)20-13-3-1-2-4-13/h5-6,9-10,13,19H,1-4,7-8H2,(H2,18,20,21).